The van der Waals surface area contributed by atoms with Crippen molar-refractivity contribution < 1.29 is 14.7 Å². The fraction of sp³-hybridized carbons (Fsp3) is 0.364. The van der Waals surface area contributed by atoms with Crippen LogP contribution in [0.5, 0.6) is 0 Å². The summed E-state index contributed by atoms with van der Waals surface area (Å²) in [6.07, 6.45) is 0. The highest BCUT2D eigenvalue weighted by molar-refractivity contribution is 6.29. The first kappa shape index (κ1) is 13.4. The number of halogens is 1. The Labute approximate surface area is 104 Å². The molecule has 0 aliphatic rings. The Balaban J connectivity index is 2.81. The van der Waals surface area contributed by atoms with Gasteiger partial charge in [0.1, 0.15) is 16.9 Å². The van der Waals surface area contributed by atoms with E-state index in [4.69, 9.17) is 16.7 Å². The normalized spacial score (nSPS) is 12.2. The number of aliphatic carboxylic acids is 1. The van der Waals surface area contributed by atoms with Crippen molar-refractivity contribution in [3.8, 4) is 0 Å². The first-order valence-electron chi connectivity index (χ1n) is 5.08. The van der Waals surface area contributed by atoms with Crippen LogP contribution in [-0.2, 0) is 4.79 Å². The molecule has 1 rings (SSSR count). The molecular formula is C11H13ClN2O3. The predicted octanol–water partition coefficient (Wildman–Crippen LogP) is 1.57. The summed E-state index contributed by atoms with van der Waals surface area (Å²) >= 11 is 5.64. The molecule has 0 aliphatic carbocycles. The average Bonchev–Trinajstić information content (AvgIpc) is 2.24. The minimum atomic E-state index is -1.07. The SMILES string of the molecule is CC(C)[C@@H](NC(=O)c1cccc(Cl)n1)C(=O)O. The number of carbonyl (C=O) groups excluding carboxylic acids is 1. The van der Waals surface area contributed by atoms with E-state index in [1.807, 2.05) is 0 Å². The van der Waals surface area contributed by atoms with Gasteiger partial charge in [-0.1, -0.05) is 31.5 Å². The van der Waals surface area contributed by atoms with Crippen LogP contribution in [0.1, 0.15) is 24.3 Å². The van der Waals surface area contributed by atoms with Crippen LogP contribution in [0.2, 0.25) is 5.15 Å². The third-order valence-electron chi connectivity index (χ3n) is 2.17. The minimum absolute atomic E-state index is 0.101. The molecule has 0 aromatic carbocycles. The number of carboxylic acid groups (broad SMARTS) is 1. The molecule has 0 aliphatic heterocycles. The number of carbonyl (C=O) groups is 2. The molecule has 0 radical (unpaired) electrons. The van der Waals surface area contributed by atoms with Crippen molar-refractivity contribution in [2.75, 3.05) is 0 Å². The molecule has 0 saturated heterocycles. The molecule has 0 spiro atoms. The van der Waals surface area contributed by atoms with E-state index in [0.29, 0.717) is 0 Å². The van der Waals surface area contributed by atoms with Crippen molar-refractivity contribution in [2.45, 2.75) is 19.9 Å². The smallest absolute Gasteiger partial charge is 0.326 e. The third kappa shape index (κ3) is 3.71. The Bertz CT molecular complexity index is 434. The monoisotopic (exact) mass is 256 g/mol. The van der Waals surface area contributed by atoms with E-state index >= 15 is 0 Å². The highest BCUT2D eigenvalue weighted by Gasteiger charge is 2.24. The average molecular weight is 257 g/mol. The number of aromatic nitrogens is 1. The molecule has 0 fully saturated rings. The number of hydrogen-bond donors (Lipinski definition) is 2. The Kier molecular flexibility index (Phi) is 4.45. The maximum Gasteiger partial charge on any atom is 0.326 e. The largest absolute Gasteiger partial charge is 0.480 e. The Morgan fingerprint density at radius 2 is 2.06 bits per heavy atom. The van der Waals surface area contributed by atoms with Gasteiger partial charge >= 0.3 is 5.97 Å². The standard InChI is InChI=1S/C11H13ClN2O3/c1-6(2)9(11(16)17)14-10(15)7-4-3-5-8(12)13-7/h3-6,9H,1-2H3,(H,14,15)(H,16,17)/t9-/m1/s1. The first-order chi connectivity index (χ1) is 7.91. The van der Waals surface area contributed by atoms with E-state index in [2.05, 4.69) is 10.3 Å². The highest BCUT2D eigenvalue weighted by atomic mass is 35.5. The lowest BCUT2D eigenvalue weighted by atomic mass is 10.0. The fourth-order valence-corrected chi connectivity index (χ4v) is 1.43. The van der Waals surface area contributed by atoms with Crippen molar-refractivity contribution in [3.05, 3.63) is 29.0 Å². The lowest BCUT2D eigenvalue weighted by molar-refractivity contribution is -0.140. The van der Waals surface area contributed by atoms with Gasteiger partial charge < -0.3 is 10.4 Å². The van der Waals surface area contributed by atoms with Crippen LogP contribution in [0.3, 0.4) is 0 Å². The molecule has 0 bridgehead atoms. The second-order valence-corrected chi connectivity index (χ2v) is 4.27. The van der Waals surface area contributed by atoms with Gasteiger partial charge in [-0.25, -0.2) is 9.78 Å². The van der Waals surface area contributed by atoms with E-state index in [1.165, 1.54) is 12.1 Å². The molecule has 1 amide bonds. The molecule has 1 heterocycles. The Morgan fingerprint density at radius 3 is 2.53 bits per heavy atom. The van der Waals surface area contributed by atoms with Crippen LogP contribution in [0, 0.1) is 5.92 Å². The summed E-state index contributed by atoms with van der Waals surface area (Å²) in [5.74, 6) is -1.83. The molecule has 92 valence electrons. The number of pyridine rings is 1. The van der Waals surface area contributed by atoms with Gasteiger partial charge in [0.25, 0.3) is 5.91 Å². The number of rotatable bonds is 4. The maximum atomic E-state index is 11.7. The van der Waals surface area contributed by atoms with Crippen LogP contribution in [0.25, 0.3) is 0 Å². The molecule has 6 heteroatoms. The van der Waals surface area contributed by atoms with Crippen molar-refractivity contribution >= 4 is 23.5 Å². The second kappa shape index (κ2) is 5.63. The summed E-state index contributed by atoms with van der Waals surface area (Å²) in [6, 6.07) is 3.65. The summed E-state index contributed by atoms with van der Waals surface area (Å²) in [5, 5.41) is 11.5. The highest BCUT2D eigenvalue weighted by Crippen LogP contribution is 2.07. The first-order valence-corrected chi connectivity index (χ1v) is 5.46. The zero-order chi connectivity index (χ0) is 13.0. The van der Waals surface area contributed by atoms with E-state index < -0.39 is 17.9 Å². The van der Waals surface area contributed by atoms with Crippen molar-refractivity contribution in [1.82, 2.24) is 10.3 Å². The summed E-state index contributed by atoms with van der Waals surface area (Å²) in [5.41, 5.74) is 0.101. The Hall–Kier alpha value is -1.62. The summed E-state index contributed by atoms with van der Waals surface area (Å²) < 4.78 is 0. The minimum Gasteiger partial charge on any atom is -0.480 e. The van der Waals surface area contributed by atoms with Gasteiger partial charge in [0.05, 0.1) is 0 Å². The van der Waals surface area contributed by atoms with Crippen molar-refractivity contribution in [3.63, 3.8) is 0 Å². The van der Waals surface area contributed by atoms with Crippen molar-refractivity contribution in [2.24, 2.45) is 5.92 Å². The molecule has 5 nitrogen and oxygen atoms in total. The van der Waals surface area contributed by atoms with Gasteiger partial charge in [-0.3, -0.25) is 4.79 Å². The number of nitrogens with one attached hydrogen (secondary N) is 1. The van der Waals surface area contributed by atoms with Crippen molar-refractivity contribution in [1.29, 1.82) is 0 Å². The molecule has 2 N–H and O–H groups in total. The number of amides is 1. The van der Waals surface area contributed by atoms with Gasteiger partial charge in [0.2, 0.25) is 0 Å². The fourth-order valence-electron chi connectivity index (χ4n) is 1.26. The zero-order valence-electron chi connectivity index (χ0n) is 9.48. The van der Waals surface area contributed by atoms with E-state index in [1.54, 1.807) is 19.9 Å². The van der Waals surface area contributed by atoms with Crippen LogP contribution in [-0.4, -0.2) is 28.0 Å². The van der Waals surface area contributed by atoms with Gasteiger partial charge in [-0.15, -0.1) is 0 Å². The lowest BCUT2D eigenvalue weighted by Crippen LogP contribution is -2.44. The van der Waals surface area contributed by atoms with Crippen LogP contribution in [0.15, 0.2) is 18.2 Å². The van der Waals surface area contributed by atoms with E-state index in [-0.39, 0.29) is 16.8 Å². The molecule has 0 saturated carbocycles. The summed E-state index contributed by atoms with van der Waals surface area (Å²) in [7, 11) is 0. The second-order valence-electron chi connectivity index (χ2n) is 3.88. The van der Waals surface area contributed by atoms with Crippen LogP contribution in [0.4, 0.5) is 0 Å². The van der Waals surface area contributed by atoms with Crippen LogP contribution < -0.4 is 5.32 Å². The summed E-state index contributed by atoms with van der Waals surface area (Å²) in [4.78, 5) is 26.4. The molecular weight excluding hydrogens is 244 g/mol. The molecule has 1 aromatic heterocycles. The number of hydrogen-bond acceptors (Lipinski definition) is 3. The lowest BCUT2D eigenvalue weighted by Gasteiger charge is -2.17. The van der Waals surface area contributed by atoms with Gasteiger partial charge in [-0.05, 0) is 18.1 Å². The zero-order valence-corrected chi connectivity index (χ0v) is 10.2. The van der Waals surface area contributed by atoms with Gasteiger partial charge in [0, 0.05) is 0 Å². The predicted molar refractivity (Wildman–Crippen MR) is 63.0 cm³/mol. The number of carboxylic acids is 1. The molecule has 17 heavy (non-hydrogen) atoms. The topological polar surface area (TPSA) is 79.3 Å². The third-order valence-corrected chi connectivity index (χ3v) is 2.38. The Morgan fingerprint density at radius 1 is 1.41 bits per heavy atom. The molecule has 0 unspecified atom stereocenters. The quantitative estimate of drug-likeness (QED) is 0.802. The summed E-state index contributed by atoms with van der Waals surface area (Å²) in [6.45, 7) is 3.43. The van der Waals surface area contributed by atoms with E-state index in [9.17, 15) is 9.59 Å². The molecule has 1 aromatic rings. The van der Waals surface area contributed by atoms with Crippen LogP contribution >= 0.6 is 11.6 Å². The van der Waals surface area contributed by atoms with Gasteiger partial charge in [0.15, 0.2) is 0 Å². The van der Waals surface area contributed by atoms with E-state index in [0.717, 1.165) is 0 Å². The molecule has 1 atom stereocenters. The number of nitrogens with zero attached hydrogens (tertiary/aromatic N) is 1. The van der Waals surface area contributed by atoms with Gasteiger partial charge in [-0.2, -0.15) is 0 Å². The maximum absolute atomic E-state index is 11.7.